The van der Waals surface area contributed by atoms with Crippen LogP contribution in [0.5, 0.6) is 0 Å². The van der Waals surface area contributed by atoms with Crippen LogP contribution in [0.15, 0.2) is 66.9 Å². The van der Waals surface area contributed by atoms with Crippen molar-refractivity contribution in [3.8, 4) is 5.69 Å². The average Bonchev–Trinajstić information content (AvgIpc) is 3.39. The number of fused-ring (bicyclic) bond motifs is 3. The molecule has 0 spiro atoms. The number of hydrogen-bond acceptors (Lipinski definition) is 1. The summed E-state index contributed by atoms with van der Waals surface area (Å²) in [6, 6.07) is 21.4. The number of benzene rings is 2. The van der Waals surface area contributed by atoms with Crippen LogP contribution in [-0.4, -0.2) is 21.5 Å². The first kappa shape index (κ1) is 18.0. The molecule has 2 heterocycles. The number of carbonyl (C=O) groups excluding carboxylic acids is 1. The Morgan fingerprint density at radius 3 is 2.52 bits per heavy atom. The van der Waals surface area contributed by atoms with Gasteiger partial charge in [0.15, 0.2) is 0 Å². The number of aryl methyl sites for hydroxylation is 1. The third kappa shape index (κ3) is 3.33. The number of urea groups is 1. The summed E-state index contributed by atoms with van der Waals surface area (Å²) in [7, 11) is 0. The van der Waals surface area contributed by atoms with E-state index in [4.69, 9.17) is 0 Å². The minimum Gasteiger partial charge on any atom is -0.335 e. The Balaban J connectivity index is 1.61. The molecule has 0 radical (unpaired) electrons. The Morgan fingerprint density at radius 1 is 0.966 bits per heavy atom. The molecule has 1 N–H and O–H groups in total. The van der Waals surface area contributed by atoms with Crippen molar-refractivity contribution in [1.82, 2.24) is 14.8 Å². The summed E-state index contributed by atoms with van der Waals surface area (Å²) < 4.78 is 2.24. The molecule has 0 unspecified atom stereocenters. The van der Waals surface area contributed by atoms with Crippen LogP contribution in [0, 0.1) is 6.92 Å². The van der Waals surface area contributed by atoms with E-state index < -0.39 is 0 Å². The Hall–Kier alpha value is -3.01. The van der Waals surface area contributed by atoms with E-state index in [2.05, 4.69) is 83.7 Å². The van der Waals surface area contributed by atoms with Crippen molar-refractivity contribution in [2.24, 2.45) is 0 Å². The number of carbonyl (C=O) groups is 1. The highest BCUT2D eigenvalue weighted by molar-refractivity contribution is 5.76. The summed E-state index contributed by atoms with van der Waals surface area (Å²) in [5.41, 5.74) is 5.82. The van der Waals surface area contributed by atoms with Gasteiger partial charge in [-0.15, -0.1) is 0 Å². The lowest BCUT2D eigenvalue weighted by Gasteiger charge is -2.32. The van der Waals surface area contributed by atoms with Gasteiger partial charge in [0.05, 0.1) is 18.3 Å². The van der Waals surface area contributed by atoms with Crippen molar-refractivity contribution in [2.75, 3.05) is 0 Å². The quantitative estimate of drug-likeness (QED) is 0.635. The minimum atomic E-state index is -0.126. The van der Waals surface area contributed by atoms with Crippen LogP contribution in [0.3, 0.4) is 0 Å². The first-order valence-corrected chi connectivity index (χ1v) is 10.6. The largest absolute Gasteiger partial charge is 0.335 e. The number of rotatable bonds is 2. The monoisotopic (exact) mass is 385 g/mol. The van der Waals surface area contributed by atoms with Crippen LogP contribution in [0.25, 0.3) is 5.69 Å². The molecule has 0 saturated heterocycles. The molecule has 2 aromatic carbocycles. The van der Waals surface area contributed by atoms with E-state index in [1.54, 1.807) is 0 Å². The highest BCUT2D eigenvalue weighted by Gasteiger charge is 2.33. The van der Waals surface area contributed by atoms with E-state index in [1.165, 1.54) is 24.0 Å². The SMILES string of the molecule is Cc1ccc([C@H]2c3cccn3-c3ccccc3CN2C(=O)NC2CCCC2)cc1. The van der Waals surface area contributed by atoms with Gasteiger partial charge in [-0.1, -0.05) is 60.9 Å². The smallest absolute Gasteiger partial charge is 0.318 e. The Kier molecular flexibility index (Phi) is 4.62. The molecule has 29 heavy (non-hydrogen) atoms. The van der Waals surface area contributed by atoms with Gasteiger partial charge >= 0.3 is 6.03 Å². The van der Waals surface area contributed by atoms with Crippen molar-refractivity contribution in [1.29, 1.82) is 0 Å². The van der Waals surface area contributed by atoms with Crippen LogP contribution < -0.4 is 5.32 Å². The maximum Gasteiger partial charge on any atom is 0.318 e. The molecule has 1 aliphatic heterocycles. The maximum absolute atomic E-state index is 13.5. The molecule has 3 aromatic rings. The molecular weight excluding hydrogens is 358 g/mol. The van der Waals surface area contributed by atoms with Crippen molar-refractivity contribution < 1.29 is 4.79 Å². The molecule has 5 rings (SSSR count). The van der Waals surface area contributed by atoms with E-state index in [0.717, 1.165) is 29.8 Å². The van der Waals surface area contributed by atoms with Gasteiger partial charge in [0.1, 0.15) is 0 Å². The first-order valence-electron chi connectivity index (χ1n) is 10.6. The van der Waals surface area contributed by atoms with Crippen molar-refractivity contribution >= 4 is 6.03 Å². The fourth-order valence-electron chi connectivity index (χ4n) is 4.77. The second-order valence-corrected chi connectivity index (χ2v) is 8.30. The first-order chi connectivity index (χ1) is 14.2. The molecule has 1 fully saturated rings. The summed E-state index contributed by atoms with van der Waals surface area (Å²) in [5.74, 6) is 0. The van der Waals surface area contributed by atoms with Gasteiger partial charge in [0, 0.05) is 17.9 Å². The summed E-state index contributed by atoms with van der Waals surface area (Å²) >= 11 is 0. The molecule has 4 nitrogen and oxygen atoms in total. The van der Waals surface area contributed by atoms with Gasteiger partial charge in [-0.3, -0.25) is 0 Å². The van der Waals surface area contributed by atoms with E-state index >= 15 is 0 Å². The zero-order valence-electron chi connectivity index (χ0n) is 16.8. The summed E-state index contributed by atoms with van der Waals surface area (Å²) in [5, 5.41) is 3.32. The fourth-order valence-corrected chi connectivity index (χ4v) is 4.77. The molecule has 0 bridgehead atoms. The number of para-hydroxylation sites is 1. The van der Waals surface area contributed by atoms with E-state index in [9.17, 15) is 4.79 Å². The van der Waals surface area contributed by atoms with Gasteiger partial charge in [0.2, 0.25) is 0 Å². The Labute approximate surface area is 172 Å². The standard InChI is InChI=1S/C25H27N3O/c1-18-12-14-19(15-13-18)24-23-11-6-16-27(23)22-10-5-2-7-20(22)17-28(24)25(29)26-21-8-3-4-9-21/h2,5-7,10-16,21,24H,3-4,8-9,17H2,1H3,(H,26,29)/t24-/m0/s1. The van der Waals surface area contributed by atoms with Crippen LogP contribution >= 0.6 is 0 Å². The van der Waals surface area contributed by atoms with Crippen LogP contribution in [-0.2, 0) is 6.54 Å². The van der Waals surface area contributed by atoms with Gasteiger partial charge in [-0.25, -0.2) is 4.79 Å². The highest BCUT2D eigenvalue weighted by atomic mass is 16.2. The lowest BCUT2D eigenvalue weighted by atomic mass is 10.0. The molecule has 4 heteroatoms. The second-order valence-electron chi connectivity index (χ2n) is 8.30. The molecule has 1 atom stereocenters. The Bertz CT molecular complexity index is 1010. The van der Waals surface area contributed by atoms with Crippen molar-refractivity contribution in [2.45, 2.75) is 51.2 Å². The van der Waals surface area contributed by atoms with Crippen LogP contribution in [0.1, 0.15) is 54.1 Å². The highest BCUT2D eigenvalue weighted by Crippen LogP contribution is 2.36. The summed E-state index contributed by atoms with van der Waals surface area (Å²) in [4.78, 5) is 15.5. The van der Waals surface area contributed by atoms with Gasteiger partial charge in [-0.2, -0.15) is 0 Å². The van der Waals surface area contributed by atoms with E-state index in [1.807, 2.05) is 4.90 Å². The Morgan fingerprint density at radius 2 is 1.72 bits per heavy atom. The van der Waals surface area contributed by atoms with Gasteiger partial charge < -0.3 is 14.8 Å². The zero-order valence-corrected chi connectivity index (χ0v) is 16.8. The molecule has 148 valence electrons. The van der Waals surface area contributed by atoms with E-state index in [0.29, 0.717) is 12.6 Å². The van der Waals surface area contributed by atoms with Crippen LogP contribution in [0.4, 0.5) is 4.79 Å². The number of hydrogen-bond donors (Lipinski definition) is 1. The number of nitrogens with one attached hydrogen (secondary N) is 1. The molecule has 2 aliphatic rings. The average molecular weight is 386 g/mol. The molecule has 1 saturated carbocycles. The maximum atomic E-state index is 13.5. The van der Waals surface area contributed by atoms with Crippen molar-refractivity contribution in [3.63, 3.8) is 0 Å². The van der Waals surface area contributed by atoms with E-state index in [-0.39, 0.29) is 12.1 Å². The lowest BCUT2D eigenvalue weighted by molar-refractivity contribution is 0.176. The van der Waals surface area contributed by atoms with Gasteiger partial charge in [0.25, 0.3) is 0 Å². The number of amides is 2. The number of nitrogens with zero attached hydrogens (tertiary/aromatic N) is 2. The lowest BCUT2D eigenvalue weighted by Crippen LogP contribution is -2.45. The predicted octanol–water partition coefficient (Wildman–Crippen LogP) is 5.34. The summed E-state index contributed by atoms with van der Waals surface area (Å²) in [6.07, 6.45) is 6.69. The second kappa shape index (κ2) is 7.43. The minimum absolute atomic E-state index is 0.0342. The fraction of sp³-hybridized carbons (Fsp3) is 0.320. The molecule has 1 aromatic heterocycles. The predicted molar refractivity (Wildman–Crippen MR) is 115 cm³/mol. The zero-order chi connectivity index (χ0) is 19.8. The number of aromatic nitrogens is 1. The molecule has 2 amide bonds. The van der Waals surface area contributed by atoms with Crippen LogP contribution in [0.2, 0.25) is 0 Å². The van der Waals surface area contributed by atoms with Gasteiger partial charge in [-0.05, 0) is 49.1 Å². The third-order valence-corrected chi connectivity index (χ3v) is 6.30. The topological polar surface area (TPSA) is 37.3 Å². The normalized spacial score (nSPS) is 18.8. The molecular formula is C25H27N3O. The summed E-state index contributed by atoms with van der Waals surface area (Å²) in [6.45, 7) is 2.69. The van der Waals surface area contributed by atoms with Crippen molar-refractivity contribution in [3.05, 3.63) is 89.2 Å². The third-order valence-electron chi connectivity index (χ3n) is 6.30. The molecule has 1 aliphatic carbocycles.